The van der Waals surface area contributed by atoms with E-state index in [-0.39, 0.29) is 35.3 Å². The second-order valence-electron chi connectivity index (χ2n) is 10.1. The fraction of sp³-hybridized carbons (Fsp3) is 0.346. The van der Waals surface area contributed by atoms with Crippen molar-refractivity contribution in [1.82, 2.24) is 27.4 Å². The molecule has 2 aromatic carbocycles. The van der Waals surface area contributed by atoms with Gasteiger partial charge in [-0.1, -0.05) is 12.1 Å². The second-order valence-corrected chi connectivity index (χ2v) is 10.7. The summed E-state index contributed by atoms with van der Waals surface area (Å²) in [6.07, 6.45) is -3.36. The number of aryl methyl sites for hydroxylation is 1. The molecule has 0 spiro atoms. The molecule has 1 atom stereocenters. The Balaban J connectivity index is 1.56. The van der Waals surface area contributed by atoms with Crippen LogP contribution in [0.3, 0.4) is 0 Å². The van der Waals surface area contributed by atoms with Gasteiger partial charge in [-0.25, -0.2) is 9.18 Å². The number of piperidine rings is 1. The molecular weight excluding hydrogens is 564 g/mol. The summed E-state index contributed by atoms with van der Waals surface area (Å²) in [5.41, 5.74) is 5.32. The Labute approximate surface area is 233 Å². The van der Waals surface area contributed by atoms with Gasteiger partial charge in [0.05, 0.1) is 30.4 Å². The van der Waals surface area contributed by atoms with Crippen molar-refractivity contribution in [2.45, 2.75) is 38.1 Å². The Morgan fingerprint density at radius 1 is 1.05 bits per heavy atom. The van der Waals surface area contributed by atoms with Gasteiger partial charge in [0, 0.05) is 26.2 Å². The van der Waals surface area contributed by atoms with E-state index >= 15 is 0 Å². The van der Waals surface area contributed by atoms with Gasteiger partial charge in [0.15, 0.2) is 11.2 Å². The van der Waals surface area contributed by atoms with Crippen molar-refractivity contribution in [2.75, 3.05) is 18.0 Å². The molecule has 4 heterocycles. The molecule has 0 bridgehead atoms. The van der Waals surface area contributed by atoms with Crippen molar-refractivity contribution in [3.63, 3.8) is 0 Å². The molecule has 0 radical (unpaired) electrons. The zero-order chi connectivity index (χ0) is 29.1. The van der Waals surface area contributed by atoms with Gasteiger partial charge in [-0.2, -0.15) is 26.9 Å². The number of nitrogens with two attached hydrogens (primary N) is 1. The molecule has 0 unspecified atom stereocenters. The molecule has 2 N–H and O–H groups in total. The first-order valence-corrected chi connectivity index (χ1v) is 13.5. The normalized spacial score (nSPS) is 16.2. The first-order chi connectivity index (χ1) is 19.5. The third kappa shape index (κ3) is 4.88. The lowest BCUT2D eigenvalue weighted by molar-refractivity contribution is -0.138. The van der Waals surface area contributed by atoms with Crippen LogP contribution in [0.4, 0.5) is 23.5 Å². The van der Waals surface area contributed by atoms with Gasteiger partial charge in [-0.3, -0.25) is 18.5 Å². The SMILES string of the molecule is Cn1c(=O)n(Cc2ccc3nsnc3c2)c(=O)c2c1nc(N1CCC[C@@H](N)C1)n2Cc1ccc(F)cc1C(F)(F)F. The highest BCUT2D eigenvalue weighted by Crippen LogP contribution is 2.34. The lowest BCUT2D eigenvalue weighted by atomic mass is 10.1. The van der Waals surface area contributed by atoms with Crippen molar-refractivity contribution in [3.05, 3.63) is 79.7 Å². The Bertz CT molecular complexity index is 1910. The Morgan fingerprint density at radius 2 is 1.83 bits per heavy atom. The van der Waals surface area contributed by atoms with Crippen LogP contribution in [0.5, 0.6) is 0 Å². The van der Waals surface area contributed by atoms with Crippen LogP contribution in [0.25, 0.3) is 22.2 Å². The smallest absolute Gasteiger partial charge is 0.341 e. The second kappa shape index (κ2) is 10.1. The van der Waals surface area contributed by atoms with E-state index in [0.717, 1.165) is 34.8 Å². The fourth-order valence-electron chi connectivity index (χ4n) is 5.31. The number of hydrogen-bond donors (Lipinski definition) is 1. The van der Waals surface area contributed by atoms with E-state index in [4.69, 9.17) is 5.73 Å². The molecule has 1 aliphatic heterocycles. The zero-order valence-electron chi connectivity index (χ0n) is 21.7. The van der Waals surface area contributed by atoms with E-state index in [0.29, 0.717) is 42.2 Å². The number of hydrogen-bond acceptors (Lipinski definition) is 8. The van der Waals surface area contributed by atoms with E-state index in [1.165, 1.54) is 16.2 Å². The maximum atomic E-state index is 14.0. The molecule has 5 aromatic rings. The molecule has 214 valence electrons. The molecule has 6 rings (SSSR count). The summed E-state index contributed by atoms with van der Waals surface area (Å²) in [7, 11) is 1.45. The van der Waals surface area contributed by atoms with Gasteiger partial charge in [-0.15, -0.1) is 0 Å². The number of aromatic nitrogens is 6. The van der Waals surface area contributed by atoms with Crippen LogP contribution in [0.15, 0.2) is 46.0 Å². The highest BCUT2D eigenvalue weighted by molar-refractivity contribution is 7.00. The summed E-state index contributed by atoms with van der Waals surface area (Å²) in [5, 5.41) is 0. The molecule has 0 saturated carbocycles. The Kier molecular flexibility index (Phi) is 6.65. The third-order valence-corrected chi connectivity index (χ3v) is 7.87. The van der Waals surface area contributed by atoms with E-state index in [1.54, 1.807) is 18.2 Å². The Hall–Kier alpha value is -4.11. The molecule has 1 aliphatic rings. The van der Waals surface area contributed by atoms with Crippen molar-refractivity contribution in [3.8, 4) is 0 Å². The number of imidazole rings is 1. The Morgan fingerprint density at radius 3 is 2.59 bits per heavy atom. The third-order valence-electron chi connectivity index (χ3n) is 7.32. The topological polar surface area (TPSA) is 117 Å². The average Bonchev–Trinajstić information content (AvgIpc) is 3.55. The van der Waals surface area contributed by atoms with Crippen LogP contribution in [-0.2, 0) is 26.3 Å². The van der Waals surface area contributed by atoms with E-state index < -0.39 is 35.4 Å². The van der Waals surface area contributed by atoms with Crippen LogP contribution < -0.4 is 21.9 Å². The van der Waals surface area contributed by atoms with Crippen LogP contribution in [0.2, 0.25) is 0 Å². The maximum absolute atomic E-state index is 14.0. The fourth-order valence-corrected chi connectivity index (χ4v) is 5.83. The number of alkyl halides is 3. The van der Waals surface area contributed by atoms with E-state index in [2.05, 4.69) is 13.7 Å². The summed E-state index contributed by atoms with van der Waals surface area (Å²) in [6.45, 7) is 0.337. The molecule has 10 nitrogen and oxygen atoms in total. The highest BCUT2D eigenvalue weighted by atomic mass is 32.1. The quantitative estimate of drug-likeness (QED) is 0.314. The van der Waals surface area contributed by atoms with Crippen molar-refractivity contribution < 1.29 is 17.6 Å². The maximum Gasteiger partial charge on any atom is 0.416 e. The number of rotatable bonds is 5. The summed E-state index contributed by atoms with van der Waals surface area (Å²) < 4.78 is 67.6. The molecule has 41 heavy (non-hydrogen) atoms. The van der Waals surface area contributed by atoms with Gasteiger partial charge in [0.1, 0.15) is 16.9 Å². The predicted molar refractivity (Wildman–Crippen MR) is 146 cm³/mol. The van der Waals surface area contributed by atoms with Crippen molar-refractivity contribution in [2.24, 2.45) is 12.8 Å². The lowest BCUT2D eigenvalue weighted by Gasteiger charge is -2.32. The number of anilines is 1. The first kappa shape index (κ1) is 27.1. The standard InChI is InChI=1S/C26H24F4N8O2S/c1-35-22-21(23(39)38(25(35)40)11-14-4-7-19-20(9-14)34-41-33-19)37(24(32-22)36-8-2-3-17(31)13-36)12-15-5-6-16(27)10-18(15)26(28,29)30/h4-7,9-10,17H,2-3,8,11-13,31H2,1H3/t17-/m1/s1. The van der Waals surface area contributed by atoms with E-state index in [9.17, 15) is 27.2 Å². The van der Waals surface area contributed by atoms with Gasteiger partial charge >= 0.3 is 11.9 Å². The number of nitrogens with zero attached hydrogens (tertiary/aromatic N) is 7. The minimum atomic E-state index is -4.84. The minimum absolute atomic E-state index is 0.0280. The molecule has 0 amide bonds. The van der Waals surface area contributed by atoms with Gasteiger partial charge in [0.2, 0.25) is 5.95 Å². The number of halogens is 4. The molecule has 1 saturated heterocycles. The number of benzene rings is 2. The lowest BCUT2D eigenvalue weighted by Crippen LogP contribution is -2.44. The number of fused-ring (bicyclic) bond motifs is 2. The van der Waals surface area contributed by atoms with Crippen LogP contribution in [0, 0.1) is 5.82 Å². The minimum Gasteiger partial charge on any atom is -0.341 e. The molecular formula is C26H24F4N8O2S. The predicted octanol–water partition coefficient (Wildman–Crippen LogP) is 3.08. The summed E-state index contributed by atoms with van der Waals surface area (Å²) in [5.74, 6) is -0.816. The molecule has 15 heteroatoms. The highest BCUT2D eigenvalue weighted by Gasteiger charge is 2.35. The summed E-state index contributed by atoms with van der Waals surface area (Å²) in [6, 6.07) is 7.40. The average molecular weight is 589 g/mol. The largest absolute Gasteiger partial charge is 0.416 e. The van der Waals surface area contributed by atoms with Crippen LogP contribution >= 0.6 is 11.7 Å². The summed E-state index contributed by atoms with van der Waals surface area (Å²) >= 11 is 1.04. The molecule has 1 fully saturated rings. The molecule has 0 aliphatic carbocycles. The van der Waals surface area contributed by atoms with Crippen molar-refractivity contribution >= 4 is 39.9 Å². The van der Waals surface area contributed by atoms with Crippen LogP contribution in [0.1, 0.15) is 29.5 Å². The van der Waals surface area contributed by atoms with Gasteiger partial charge in [0.25, 0.3) is 5.56 Å². The van der Waals surface area contributed by atoms with Gasteiger partial charge < -0.3 is 10.6 Å². The van der Waals surface area contributed by atoms with Gasteiger partial charge in [-0.05, 0) is 48.2 Å². The summed E-state index contributed by atoms with van der Waals surface area (Å²) in [4.78, 5) is 33.7. The van der Waals surface area contributed by atoms with E-state index in [1.807, 2.05) is 4.90 Å². The first-order valence-electron chi connectivity index (χ1n) is 12.8. The van der Waals surface area contributed by atoms with Crippen molar-refractivity contribution in [1.29, 1.82) is 0 Å². The molecule has 3 aromatic heterocycles. The van der Waals surface area contributed by atoms with Crippen LogP contribution in [-0.4, -0.2) is 46.6 Å². The zero-order valence-corrected chi connectivity index (χ0v) is 22.5. The monoisotopic (exact) mass is 588 g/mol.